The van der Waals surface area contributed by atoms with E-state index in [9.17, 15) is 9.59 Å². The Labute approximate surface area is 99.9 Å². The van der Waals surface area contributed by atoms with Crippen LogP contribution in [0.1, 0.15) is 25.8 Å². The van der Waals surface area contributed by atoms with Crippen LogP contribution in [0.15, 0.2) is 24.3 Å². The molecule has 0 atom stereocenters. The number of para-hydroxylation sites is 1. The summed E-state index contributed by atoms with van der Waals surface area (Å²) in [7, 11) is 0. The lowest BCUT2D eigenvalue weighted by molar-refractivity contribution is -0.138. The Morgan fingerprint density at radius 1 is 1.41 bits per heavy atom. The molecule has 0 fully saturated rings. The minimum absolute atomic E-state index is 0.0301. The zero-order valence-corrected chi connectivity index (χ0v) is 9.93. The Morgan fingerprint density at radius 2 is 2.06 bits per heavy atom. The summed E-state index contributed by atoms with van der Waals surface area (Å²) in [6.45, 7) is 3.56. The number of carboxylic acid groups (broad SMARTS) is 1. The van der Waals surface area contributed by atoms with Crippen LogP contribution in [0.4, 0.5) is 5.69 Å². The van der Waals surface area contributed by atoms with Gasteiger partial charge in [0.25, 0.3) is 0 Å². The van der Waals surface area contributed by atoms with E-state index in [0.717, 1.165) is 11.3 Å². The maximum Gasteiger partial charge on any atom is 0.305 e. The lowest BCUT2D eigenvalue weighted by Gasteiger charge is -2.34. The van der Waals surface area contributed by atoms with E-state index in [1.807, 2.05) is 24.3 Å². The normalized spacial score (nSPS) is 14.9. The third-order valence-corrected chi connectivity index (χ3v) is 3.01. The van der Waals surface area contributed by atoms with Gasteiger partial charge in [-0.15, -0.1) is 0 Å². The summed E-state index contributed by atoms with van der Waals surface area (Å²) in [6, 6.07) is 7.52. The Balaban J connectivity index is 2.39. The molecule has 0 saturated heterocycles. The topological polar surface area (TPSA) is 57.6 Å². The molecule has 1 amide bonds. The molecule has 0 aromatic heterocycles. The van der Waals surface area contributed by atoms with Crippen molar-refractivity contribution < 1.29 is 14.7 Å². The van der Waals surface area contributed by atoms with Crippen molar-refractivity contribution in [2.75, 3.05) is 4.90 Å². The summed E-state index contributed by atoms with van der Waals surface area (Å²) < 4.78 is 0. The van der Waals surface area contributed by atoms with Gasteiger partial charge >= 0.3 is 5.97 Å². The van der Waals surface area contributed by atoms with Crippen LogP contribution in [0.3, 0.4) is 0 Å². The molecule has 17 heavy (non-hydrogen) atoms. The lowest BCUT2D eigenvalue weighted by atomic mass is 9.98. The first-order chi connectivity index (χ1) is 7.92. The molecule has 90 valence electrons. The van der Waals surface area contributed by atoms with Gasteiger partial charge in [0, 0.05) is 5.69 Å². The number of nitrogens with zero attached hydrogens (tertiary/aromatic N) is 1. The van der Waals surface area contributed by atoms with E-state index in [0.29, 0.717) is 6.42 Å². The van der Waals surface area contributed by atoms with Gasteiger partial charge in [-0.25, -0.2) is 0 Å². The van der Waals surface area contributed by atoms with Crippen LogP contribution in [0.5, 0.6) is 0 Å². The Hall–Kier alpha value is -1.84. The summed E-state index contributed by atoms with van der Waals surface area (Å²) >= 11 is 0. The molecule has 0 spiro atoms. The SMILES string of the molecule is CC(C)(CC(=O)O)N1C(=O)Cc2ccccc21. The summed E-state index contributed by atoms with van der Waals surface area (Å²) in [5.41, 5.74) is 1.11. The zero-order valence-electron chi connectivity index (χ0n) is 9.93. The van der Waals surface area contributed by atoms with Crippen molar-refractivity contribution in [3.63, 3.8) is 0 Å². The summed E-state index contributed by atoms with van der Waals surface area (Å²) in [5.74, 6) is -0.926. The first kappa shape index (κ1) is 11.6. The van der Waals surface area contributed by atoms with E-state index in [1.165, 1.54) is 0 Å². The molecular weight excluding hydrogens is 218 g/mol. The summed E-state index contributed by atoms with van der Waals surface area (Å²) in [5, 5.41) is 8.91. The lowest BCUT2D eigenvalue weighted by Crippen LogP contribution is -2.47. The van der Waals surface area contributed by atoms with Crippen LogP contribution < -0.4 is 4.90 Å². The number of fused-ring (bicyclic) bond motifs is 1. The number of anilines is 1. The molecular formula is C13H15NO3. The first-order valence-electron chi connectivity index (χ1n) is 5.54. The van der Waals surface area contributed by atoms with Crippen molar-refractivity contribution in [1.82, 2.24) is 0 Å². The van der Waals surface area contributed by atoms with E-state index in [-0.39, 0.29) is 12.3 Å². The van der Waals surface area contributed by atoms with Crippen LogP contribution in [0, 0.1) is 0 Å². The van der Waals surface area contributed by atoms with Crippen LogP contribution in [-0.4, -0.2) is 22.5 Å². The molecule has 0 saturated carbocycles. The van der Waals surface area contributed by atoms with Gasteiger partial charge in [0.2, 0.25) is 5.91 Å². The van der Waals surface area contributed by atoms with Gasteiger partial charge in [0.05, 0.1) is 18.4 Å². The fraction of sp³-hybridized carbons (Fsp3) is 0.385. The Bertz CT molecular complexity index is 479. The average Bonchev–Trinajstić information content (AvgIpc) is 2.51. The predicted molar refractivity (Wildman–Crippen MR) is 64.0 cm³/mol. The van der Waals surface area contributed by atoms with Crippen molar-refractivity contribution in [3.05, 3.63) is 29.8 Å². The Kier molecular flexibility index (Phi) is 2.65. The maximum absolute atomic E-state index is 12.0. The van der Waals surface area contributed by atoms with Crippen LogP contribution in [0.25, 0.3) is 0 Å². The molecule has 1 aromatic carbocycles. The third kappa shape index (κ3) is 2.02. The van der Waals surface area contributed by atoms with Crippen LogP contribution >= 0.6 is 0 Å². The summed E-state index contributed by atoms with van der Waals surface area (Å²) in [6.07, 6.45) is 0.298. The predicted octanol–water partition coefficient (Wildman–Crippen LogP) is 1.83. The van der Waals surface area contributed by atoms with Crippen molar-refractivity contribution >= 4 is 17.6 Å². The second-order valence-corrected chi connectivity index (χ2v) is 4.92. The largest absolute Gasteiger partial charge is 0.481 e. The molecule has 1 heterocycles. The van der Waals surface area contributed by atoms with E-state index >= 15 is 0 Å². The molecule has 0 radical (unpaired) electrons. The van der Waals surface area contributed by atoms with Gasteiger partial charge in [0.1, 0.15) is 0 Å². The highest BCUT2D eigenvalue weighted by Crippen LogP contribution is 2.35. The van der Waals surface area contributed by atoms with Crippen molar-refractivity contribution in [3.8, 4) is 0 Å². The highest BCUT2D eigenvalue weighted by Gasteiger charge is 2.39. The van der Waals surface area contributed by atoms with E-state index < -0.39 is 11.5 Å². The quantitative estimate of drug-likeness (QED) is 0.866. The molecule has 0 aliphatic carbocycles. The molecule has 2 rings (SSSR count). The fourth-order valence-corrected chi connectivity index (χ4v) is 2.37. The van der Waals surface area contributed by atoms with Gasteiger partial charge in [-0.2, -0.15) is 0 Å². The molecule has 1 aliphatic rings. The van der Waals surface area contributed by atoms with Crippen molar-refractivity contribution in [2.45, 2.75) is 32.2 Å². The monoisotopic (exact) mass is 233 g/mol. The molecule has 1 N–H and O–H groups in total. The number of amides is 1. The second kappa shape index (κ2) is 3.87. The molecule has 1 aliphatic heterocycles. The average molecular weight is 233 g/mol. The standard InChI is InChI=1S/C13H15NO3/c1-13(2,8-12(16)17)14-10-6-4-3-5-9(10)7-11(14)15/h3-6H,7-8H2,1-2H3,(H,16,17). The van der Waals surface area contributed by atoms with Crippen LogP contribution in [-0.2, 0) is 16.0 Å². The minimum atomic E-state index is -0.896. The number of carboxylic acids is 1. The molecule has 0 unspecified atom stereocenters. The number of hydrogen-bond acceptors (Lipinski definition) is 2. The van der Waals surface area contributed by atoms with Crippen LogP contribution in [0.2, 0.25) is 0 Å². The van der Waals surface area contributed by atoms with E-state index in [2.05, 4.69) is 0 Å². The highest BCUT2D eigenvalue weighted by molar-refractivity contribution is 6.02. The molecule has 4 nitrogen and oxygen atoms in total. The van der Waals surface area contributed by atoms with Crippen molar-refractivity contribution in [2.24, 2.45) is 0 Å². The number of carbonyl (C=O) groups excluding carboxylic acids is 1. The number of hydrogen-bond donors (Lipinski definition) is 1. The second-order valence-electron chi connectivity index (χ2n) is 4.92. The zero-order chi connectivity index (χ0) is 12.6. The number of carbonyl (C=O) groups is 2. The Morgan fingerprint density at radius 3 is 2.71 bits per heavy atom. The number of benzene rings is 1. The number of rotatable bonds is 3. The molecule has 4 heteroatoms. The maximum atomic E-state index is 12.0. The van der Waals surface area contributed by atoms with Gasteiger partial charge in [-0.1, -0.05) is 18.2 Å². The summed E-state index contributed by atoms with van der Waals surface area (Å²) in [4.78, 5) is 24.5. The van der Waals surface area contributed by atoms with E-state index in [1.54, 1.807) is 18.7 Å². The highest BCUT2D eigenvalue weighted by atomic mass is 16.4. The van der Waals surface area contributed by atoms with Gasteiger partial charge < -0.3 is 10.0 Å². The smallest absolute Gasteiger partial charge is 0.305 e. The van der Waals surface area contributed by atoms with Gasteiger partial charge in [0.15, 0.2) is 0 Å². The fourth-order valence-electron chi connectivity index (χ4n) is 2.37. The van der Waals surface area contributed by atoms with Gasteiger partial charge in [-0.05, 0) is 25.5 Å². The first-order valence-corrected chi connectivity index (χ1v) is 5.54. The third-order valence-electron chi connectivity index (χ3n) is 3.01. The van der Waals surface area contributed by atoms with Gasteiger partial charge in [-0.3, -0.25) is 9.59 Å². The van der Waals surface area contributed by atoms with Crippen molar-refractivity contribution in [1.29, 1.82) is 0 Å². The van der Waals surface area contributed by atoms with E-state index in [4.69, 9.17) is 5.11 Å². The molecule has 0 bridgehead atoms. The number of aliphatic carboxylic acids is 1. The molecule has 1 aromatic rings. The minimum Gasteiger partial charge on any atom is -0.481 e.